The van der Waals surface area contributed by atoms with Gasteiger partial charge in [-0.15, -0.1) is 11.8 Å². The van der Waals surface area contributed by atoms with E-state index in [1.54, 1.807) is 11.8 Å². The van der Waals surface area contributed by atoms with Crippen LogP contribution < -0.4 is 0 Å². The van der Waals surface area contributed by atoms with Crippen molar-refractivity contribution in [2.75, 3.05) is 0 Å². The maximum Gasteiger partial charge on any atom is 0.0682 e. The Hall–Kier alpha value is -0.510. The van der Waals surface area contributed by atoms with Gasteiger partial charge in [-0.1, -0.05) is 25.0 Å². The number of aliphatic hydroxyl groups is 2. The summed E-state index contributed by atoms with van der Waals surface area (Å²) in [6.45, 7) is 0.0849. The first-order valence-corrected chi connectivity index (χ1v) is 6.72. The number of hydrogen-bond acceptors (Lipinski definition) is 3. The Morgan fingerprint density at radius 2 is 2.06 bits per heavy atom. The molecule has 0 aromatic heterocycles. The second-order valence-corrected chi connectivity index (χ2v) is 5.63. The van der Waals surface area contributed by atoms with Crippen LogP contribution in [-0.2, 0) is 6.61 Å². The van der Waals surface area contributed by atoms with Gasteiger partial charge in [0, 0.05) is 10.1 Å². The minimum Gasteiger partial charge on any atom is -0.392 e. The second-order valence-electron chi connectivity index (χ2n) is 4.31. The number of hydrogen-bond donors (Lipinski definition) is 2. The molecule has 2 rings (SSSR count). The van der Waals surface area contributed by atoms with E-state index in [-0.39, 0.29) is 12.7 Å². The number of benzene rings is 1. The lowest BCUT2D eigenvalue weighted by molar-refractivity contribution is 0.137. The summed E-state index contributed by atoms with van der Waals surface area (Å²) < 4.78 is 0. The maximum atomic E-state index is 9.89. The molecule has 1 aromatic rings. The number of aliphatic hydroxyl groups excluding tert-OH is 2. The van der Waals surface area contributed by atoms with E-state index < -0.39 is 0 Å². The minimum atomic E-state index is -0.170. The van der Waals surface area contributed by atoms with Gasteiger partial charge in [-0.25, -0.2) is 0 Å². The Balaban J connectivity index is 2.01. The van der Waals surface area contributed by atoms with Crippen molar-refractivity contribution in [2.45, 2.75) is 48.5 Å². The molecule has 16 heavy (non-hydrogen) atoms. The predicted octanol–water partition coefficient (Wildman–Crippen LogP) is 2.57. The molecule has 0 heterocycles. The molecule has 88 valence electrons. The molecule has 1 saturated carbocycles. The van der Waals surface area contributed by atoms with Gasteiger partial charge in [0.2, 0.25) is 0 Å². The van der Waals surface area contributed by atoms with Crippen molar-refractivity contribution in [3.05, 3.63) is 29.8 Å². The molecular formula is C13H18O2S. The lowest BCUT2D eigenvalue weighted by Gasteiger charge is -2.27. The Kier molecular flexibility index (Phi) is 4.27. The molecule has 2 atom stereocenters. The van der Waals surface area contributed by atoms with Gasteiger partial charge in [0.05, 0.1) is 12.7 Å². The third kappa shape index (κ3) is 3.00. The van der Waals surface area contributed by atoms with Crippen molar-refractivity contribution in [2.24, 2.45) is 0 Å². The van der Waals surface area contributed by atoms with Gasteiger partial charge in [-0.2, -0.15) is 0 Å². The van der Waals surface area contributed by atoms with E-state index >= 15 is 0 Å². The summed E-state index contributed by atoms with van der Waals surface area (Å²) in [5.41, 5.74) is 0.940. The van der Waals surface area contributed by atoms with E-state index in [0.717, 1.165) is 29.7 Å². The van der Waals surface area contributed by atoms with Crippen LogP contribution in [0.3, 0.4) is 0 Å². The van der Waals surface area contributed by atoms with Crippen LogP contribution in [0.5, 0.6) is 0 Å². The first-order valence-electron chi connectivity index (χ1n) is 5.84. The van der Waals surface area contributed by atoms with E-state index in [1.165, 1.54) is 6.42 Å². The van der Waals surface area contributed by atoms with Gasteiger partial charge in [-0.05, 0) is 30.5 Å². The van der Waals surface area contributed by atoms with Crippen LogP contribution in [0.2, 0.25) is 0 Å². The minimum absolute atomic E-state index is 0.0849. The van der Waals surface area contributed by atoms with Crippen molar-refractivity contribution >= 4 is 11.8 Å². The largest absolute Gasteiger partial charge is 0.392 e. The number of thioether (sulfide) groups is 1. The van der Waals surface area contributed by atoms with Crippen molar-refractivity contribution < 1.29 is 10.2 Å². The van der Waals surface area contributed by atoms with E-state index in [0.29, 0.717) is 5.25 Å². The van der Waals surface area contributed by atoms with E-state index in [9.17, 15) is 5.11 Å². The molecule has 1 aromatic carbocycles. The highest BCUT2D eigenvalue weighted by molar-refractivity contribution is 8.00. The molecule has 0 saturated heterocycles. The van der Waals surface area contributed by atoms with Crippen molar-refractivity contribution in [3.8, 4) is 0 Å². The molecule has 0 aliphatic heterocycles. The van der Waals surface area contributed by atoms with Crippen LogP contribution in [-0.4, -0.2) is 21.6 Å². The third-order valence-electron chi connectivity index (χ3n) is 3.04. The van der Waals surface area contributed by atoms with Crippen LogP contribution in [0.25, 0.3) is 0 Å². The zero-order chi connectivity index (χ0) is 11.4. The average Bonchev–Trinajstić information content (AvgIpc) is 2.32. The topological polar surface area (TPSA) is 40.5 Å². The molecule has 2 nitrogen and oxygen atoms in total. The highest BCUT2D eigenvalue weighted by Crippen LogP contribution is 2.34. The van der Waals surface area contributed by atoms with E-state index in [1.807, 2.05) is 24.3 Å². The summed E-state index contributed by atoms with van der Waals surface area (Å²) in [5.74, 6) is 0. The van der Waals surface area contributed by atoms with Gasteiger partial charge in [-0.3, -0.25) is 0 Å². The molecule has 2 N–H and O–H groups in total. The zero-order valence-electron chi connectivity index (χ0n) is 9.30. The van der Waals surface area contributed by atoms with Crippen molar-refractivity contribution in [1.82, 2.24) is 0 Å². The summed E-state index contributed by atoms with van der Waals surface area (Å²) in [5, 5.41) is 19.3. The maximum absolute atomic E-state index is 9.89. The Morgan fingerprint density at radius 1 is 1.25 bits per heavy atom. The quantitative estimate of drug-likeness (QED) is 0.850. The molecule has 1 fully saturated rings. The van der Waals surface area contributed by atoms with Gasteiger partial charge in [0.25, 0.3) is 0 Å². The first-order chi connectivity index (χ1) is 7.79. The van der Waals surface area contributed by atoms with Crippen LogP contribution in [0.15, 0.2) is 29.2 Å². The lowest BCUT2D eigenvalue weighted by Crippen LogP contribution is -2.26. The van der Waals surface area contributed by atoms with Crippen molar-refractivity contribution in [3.63, 3.8) is 0 Å². The fourth-order valence-corrected chi connectivity index (χ4v) is 3.41. The SMILES string of the molecule is OCc1cccc(SC2CCCCC2O)c1. The third-order valence-corrected chi connectivity index (χ3v) is 4.41. The fourth-order valence-electron chi connectivity index (χ4n) is 2.11. The zero-order valence-corrected chi connectivity index (χ0v) is 10.1. The average molecular weight is 238 g/mol. The Morgan fingerprint density at radius 3 is 2.81 bits per heavy atom. The molecule has 2 unspecified atom stereocenters. The van der Waals surface area contributed by atoms with E-state index in [4.69, 9.17) is 5.11 Å². The highest BCUT2D eigenvalue weighted by Gasteiger charge is 2.23. The normalized spacial score (nSPS) is 25.6. The molecule has 1 aliphatic carbocycles. The monoisotopic (exact) mass is 238 g/mol. The first kappa shape index (κ1) is 12.0. The standard InChI is InChI=1S/C13H18O2S/c14-9-10-4-3-5-11(8-10)16-13-7-2-1-6-12(13)15/h3-5,8,12-15H,1-2,6-7,9H2. The Bertz CT molecular complexity index is 340. The molecule has 0 spiro atoms. The van der Waals surface area contributed by atoms with Crippen LogP contribution in [0, 0.1) is 0 Å². The molecule has 3 heteroatoms. The van der Waals surface area contributed by atoms with Crippen LogP contribution in [0.4, 0.5) is 0 Å². The fraction of sp³-hybridized carbons (Fsp3) is 0.538. The van der Waals surface area contributed by atoms with Gasteiger partial charge >= 0.3 is 0 Å². The van der Waals surface area contributed by atoms with Gasteiger partial charge in [0.1, 0.15) is 0 Å². The molecule has 0 radical (unpaired) electrons. The summed E-state index contributed by atoms with van der Waals surface area (Å²) in [6, 6.07) is 7.93. The van der Waals surface area contributed by atoms with Gasteiger partial charge in [0.15, 0.2) is 0 Å². The molecular weight excluding hydrogens is 220 g/mol. The molecule has 0 amide bonds. The summed E-state index contributed by atoms with van der Waals surface area (Å²) in [4.78, 5) is 1.15. The molecule has 0 bridgehead atoms. The molecule has 1 aliphatic rings. The lowest BCUT2D eigenvalue weighted by atomic mass is 9.97. The second kappa shape index (κ2) is 5.71. The predicted molar refractivity (Wildman–Crippen MR) is 66.5 cm³/mol. The summed E-state index contributed by atoms with van der Waals surface area (Å²) >= 11 is 1.74. The highest BCUT2D eigenvalue weighted by atomic mass is 32.2. The van der Waals surface area contributed by atoms with Crippen LogP contribution >= 0.6 is 11.8 Å². The smallest absolute Gasteiger partial charge is 0.0682 e. The van der Waals surface area contributed by atoms with Gasteiger partial charge < -0.3 is 10.2 Å². The summed E-state index contributed by atoms with van der Waals surface area (Å²) in [7, 11) is 0. The van der Waals surface area contributed by atoms with E-state index in [2.05, 4.69) is 0 Å². The summed E-state index contributed by atoms with van der Waals surface area (Å²) in [6.07, 6.45) is 4.21. The Labute approximate surface area is 101 Å². The number of rotatable bonds is 3. The van der Waals surface area contributed by atoms with Crippen molar-refractivity contribution in [1.29, 1.82) is 0 Å². The van der Waals surface area contributed by atoms with Crippen LogP contribution in [0.1, 0.15) is 31.2 Å².